The van der Waals surface area contributed by atoms with Crippen molar-refractivity contribution in [1.29, 1.82) is 0 Å². The number of hydrogen-bond donors (Lipinski definition) is 1. The summed E-state index contributed by atoms with van der Waals surface area (Å²) in [5, 5.41) is 10.8. The smallest absolute Gasteiger partial charge is 0.302 e. The second kappa shape index (κ2) is 5.01. The predicted octanol–water partition coefficient (Wildman–Crippen LogP) is 3.54. The van der Waals surface area contributed by atoms with Crippen LogP contribution in [0.1, 0.15) is 66.7 Å². The molecule has 2 saturated carbocycles. The highest BCUT2D eigenvalue weighted by Crippen LogP contribution is 2.61. The van der Waals surface area contributed by atoms with Crippen molar-refractivity contribution in [2.45, 2.75) is 72.3 Å². The minimum absolute atomic E-state index is 0.0391. The van der Waals surface area contributed by atoms with Gasteiger partial charge in [-0.05, 0) is 49.4 Å². The van der Waals surface area contributed by atoms with Crippen LogP contribution in [0.4, 0.5) is 0 Å². The van der Waals surface area contributed by atoms with Crippen molar-refractivity contribution in [3.05, 3.63) is 0 Å². The van der Waals surface area contributed by atoms with E-state index in [1.54, 1.807) is 0 Å². The highest BCUT2D eigenvalue weighted by Gasteiger charge is 2.58. The van der Waals surface area contributed by atoms with Crippen molar-refractivity contribution >= 4 is 5.97 Å². The van der Waals surface area contributed by atoms with Gasteiger partial charge in [-0.25, -0.2) is 0 Å². The van der Waals surface area contributed by atoms with Gasteiger partial charge in [-0.15, -0.1) is 0 Å². The highest BCUT2D eigenvalue weighted by molar-refractivity contribution is 5.65. The lowest BCUT2D eigenvalue weighted by Gasteiger charge is -2.60. The average molecular weight is 282 g/mol. The molecule has 0 spiro atoms. The van der Waals surface area contributed by atoms with Crippen molar-refractivity contribution in [2.75, 3.05) is 6.61 Å². The topological polar surface area (TPSA) is 46.5 Å². The van der Waals surface area contributed by atoms with Crippen LogP contribution in [0, 0.1) is 22.7 Å². The molecule has 116 valence electrons. The molecule has 0 aromatic rings. The molecular weight excluding hydrogens is 252 g/mol. The molecule has 0 aromatic heterocycles. The van der Waals surface area contributed by atoms with E-state index >= 15 is 0 Å². The molecule has 0 heterocycles. The third kappa shape index (κ3) is 2.61. The van der Waals surface area contributed by atoms with Crippen LogP contribution in [0.25, 0.3) is 0 Å². The highest BCUT2D eigenvalue weighted by atomic mass is 16.5. The van der Waals surface area contributed by atoms with Crippen molar-refractivity contribution in [1.82, 2.24) is 0 Å². The van der Waals surface area contributed by atoms with Gasteiger partial charge in [-0.1, -0.05) is 27.2 Å². The number of aliphatic hydroxyl groups is 1. The minimum Gasteiger partial charge on any atom is -0.465 e. The van der Waals surface area contributed by atoms with Gasteiger partial charge < -0.3 is 9.84 Å². The molecule has 4 atom stereocenters. The molecule has 0 radical (unpaired) electrons. The van der Waals surface area contributed by atoms with E-state index in [1.165, 1.54) is 19.8 Å². The lowest BCUT2D eigenvalue weighted by Crippen LogP contribution is -2.59. The molecule has 0 unspecified atom stereocenters. The summed E-state index contributed by atoms with van der Waals surface area (Å²) < 4.78 is 5.30. The predicted molar refractivity (Wildman–Crippen MR) is 79.2 cm³/mol. The summed E-state index contributed by atoms with van der Waals surface area (Å²) in [4.78, 5) is 11.2. The Bertz CT molecular complexity index is 386. The Labute approximate surface area is 123 Å². The molecule has 2 fully saturated rings. The van der Waals surface area contributed by atoms with Gasteiger partial charge in [0, 0.05) is 12.8 Å². The number of fused-ring (bicyclic) bond motifs is 1. The van der Waals surface area contributed by atoms with Gasteiger partial charge in [0.1, 0.15) is 0 Å². The second-order valence-corrected chi connectivity index (χ2v) is 8.15. The Kier molecular flexibility index (Phi) is 3.96. The molecule has 3 nitrogen and oxygen atoms in total. The maximum absolute atomic E-state index is 11.2. The molecule has 20 heavy (non-hydrogen) atoms. The monoisotopic (exact) mass is 282 g/mol. The van der Waals surface area contributed by atoms with Gasteiger partial charge in [-0.2, -0.15) is 0 Å². The molecule has 1 N–H and O–H groups in total. The molecule has 0 aliphatic heterocycles. The molecule has 0 amide bonds. The van der Waals surface area contributed by atoms with Crippen LogP contribution >= 0.6 is 0 Å². The molecular formula is C17H30O3. The SMILES string of the molecule is CC(=O)OC[C@@H]1[C@@]2(C)CCCC(C)(C)[C@@H]2CC[C@@]1(C)O. The number of carbonyl (C=O) groups is 1. The minimum atomic E-state index is -0.728. The molecule has 2 rings (SSSR count). The second-order valence-electron chi connectivity index (χ2n) is 8.15. The van der Waals surface area contributed by atoms with Crippen LogP contribution in [-0.4, -0.2) is 23.3 Å². The van der Waals surface area contributed by atoms with Crippen molar-refractivity contribution in [2.24, 2.45) is 22.7 Å². The summed E-state index contributed by atoms with van der Waals surface area (Å²) in [5.41, 5.74) is -0.342. The summed E-state index contributed by atoms with van der Waals surface area (Å²) >= 11 is 0. The molecule has 0 bridgehead atoms. The van der Waals surface area contributed by atoms with Gasteiger partial charge in [0.25, 0.3) is 0 Å². The summed E-state index contributed by atoms with van der Waals surface area (Å²) in [5.74, 6) is 0.392. The number of esters is 1. The fraction of sp³-hybridized carbons (Fsp3) is 0.941. The van der Waals surface area contributed by atoms with Crippen LogP contribution in [0.5, 0.6) is 0 Å². The Hall–Kier alpha value is -0.570. The largest absolute Gasteiger partial charge is 0.465 e. The summed E-state index contributed by atoms with van der Waals surface area (Å²) in [6.07, 6.45) is 5.47. The van der Waals surface area contributed by atoms with E-state index < -0.39 is 5.60 Å². The van der Waals surface area contributed by atoms with Crippen LogP contribution in [0.2, 0.25) is 0 Å². The van der Waals surface area contributed by atoms with E-state index in [0.29, 0.717) is 17.9 Å². The van der Waals surface area contributed by atoms with Crippen LogP contribution in [0.15, 0.2) is 0 Å². The molecule has 2 aliphatic rings. The first-order valence-corrected chi connectivity index (χ1v) is 7.95. The summed E-state index contributed by atoms with van der Waals surface area (Å²) in [6, 6.07) is 0. The van der Waals surface area contributed by atoms with Gasteiger partial charge >= 0.3 is 5.97 Å². The quantitative estimate of drug-likeness (QED) is 0.788. The summed E-state index contributed by atoms with van der Waals surface area (Å²) in [6.45, 7) is 10.7. The first kappa shape index (κ1) is 15.8. The third-order valence-electron chi connectivity index (χ3n) is 6.22. The van der Waals surface area contributed by atoms with E-state index in [9.17, 15) is 9.90 Å². The third-order valence-corrected chi connectivity index (χ3v) is 6.22. The van der Waals surface area contributed by atoms with Crippen LogP contribution < -0.4 is 0 Å². The lowest BCUT2D eigenvalue weighted by atomic mass is 9.46. The first-order chi connectivity index (χ1) is 9.09. The Morgan fingerprint density at radius 3 is 2.45 bits per heavy atom. The first-order valence-electron chi connectivity index (χ1n) is 7.95. The van der Waals surface area contributed by atoms with Crippen molar-refractivity contribution in [3.8, 4) is 0 Å². The fourth-order valence-electron chi connectivity index (χ4n) is 5.20. The van der Waals surface area contributed by atoms with Gasteiger partial charge in [0.2, 0.25) is 0 Å². The zero-order chi connectivity index (χ0) is 15.2. The number of hydrogen-bond acceptors (Lipinski definition) is 3. The van der Waals surface area contributed by atoms with E-state index in [4.69, 9.17) is 4.74 Å². The normalized spacial score (nSPS) is 43.7. The van der Waals surface area contributed by atoms with Gasteiger partial charge in [0.05, 0.1) is 12.2 Å². The maximum atomic E-state index is 11.2. The Morgan fingerprint density at radius 2 is 1.85 bits per heavy atom. The average Bonchev–Trinajstić information content (AvgIpc) is 2.25. The van der Waals surface area contributed by atoms with Gasteiger partial charge in [-0.3, -0.25) is 4.79 Å². The maximum Gasteiger partial charge on any atom is 0.302 e. The Balaban J connectivity index is 2.30. The molecule has 3 heteroatoms. The van der Waals surface area contributed by atoms with Crippen molar-refractivity contribution in [3.63, 3.8) is 0 Å². The number of carbonyl (C=O) groups excluding carboxylic acids is 1. The molecule has 0 saturated heterocycles. The number of ether oxygens (including phenoxy) is 1. The Morgan fingerprint density at radius 1 is 1.20 bits per heavy atom. The zero-order valence-corrected chi connectivity index (χ0v) is 13.7. The number of rotatable bonds is 2. The van der Waals surface area contributed by atoms with Crippen molar-refractivity contribution < 1.29 is 14.6 Å². The molecule has 0 aromatic carbocycles. The fourth-order valence-corrected chi connectivity index (χ4v) is 5.20. The lowest BCUT2D eigenvalue weighted by molar-refractivity contribution is -0.188. The van der Waals surface area contributed by atoms with Crippen LogP contribution in [0.3, 0.4) is 0 Å². The van der Waals surface area contributed by atoms with E-state index in [-0.39, 0.29) is 17.3 Å². The van der Waals surface area contributed by atoms with Gasteiger partial charge in [0.15, 0.2) is 0 Å². The van der Waals surface area contributed by atoms with Crippen LogP contribution in [-0.2, 0) is 9.53 Å². The van der Waals surface area contributed by atoms with E-state index in [2.05, 4.69) is 20.8 Å². The summed E-state index contributed by atoms with van der Waals surface area (Å²) in [7, 11) is 0. The van der Waals surface area contributed by atoms with E-state index in [1.807, 2.05) is 6.92 Å². The zero-order valence-electron chi connectivity index (χ0n) is 13.7. The molecule has 2 aliphatic carbocycles. The standard InChI is InChI=1S/C17H30O3/c1-12(18)20-11-14-16(4)9-6-8-15(2,3)13(16)7-10-17(14,5)19/h13-14,19H,6-11H2,1-5H3/t13-,14+,16-,17+/m0/s1. The van der Waals surface area contributed by atoms with E-state index in [0.717, 1.165) is 19.3 Å².